The molecule has 0 aromatic heterocycles. The van der Waals surface area contributed by atoms with Gasteiger partial charge in [0.25, 0.3) is 0 Å². The first-order valence-corrected chi connectivity index (χ1v) is 9.76. The summed E-state index contributed by atoms with van der Waals surface area (Å²) in [5.41, 5.74) is 5.19. The van der Waals surface area contributed by atoms with Gasteiger partial charge in [-0.1, -0.05) is 42.5 Å². The van der Waals surface area contributed by atoms with Gasteiger partial charge in [-0.15, -0.1) is 0 Å². The molecule has 7 heteroatoms. The summed E-state index contributed by atoms with van der Waals surface area (Å²) in [6, 6.07) is 23.0. The molecule has 7 nitrogen and oxygen atoms in total. The van der Waals surface area contributed by atoms with Gasteiger partial charge >= 0.3 is 17.8 Å². The first-order valence-electron chi connectivity index (χ1n) is 9.76. The number of hydrogen-bond donors (Lipinski definition) is 2. The van der Waals surface area contributed by atoms with Gasteiger partial charge < -0.3 is 10.1 Å². The number of carbonyl (C=O) groups is 3. The van der Waals surface area contributed by atoms with Crippen LogP contribution in [0.25, 0.3) is 6.08 Å². The molecule has 0 aliphatic carbocycles. The first-order chi connectivity index (χ1) is 15.5. The molecule has 3 aromatic rings. The van der Waals surface area contributed by atoms with Crippen LogP contribution in [0.1, 0.15) is 16.7 Å². The van der Waals surface area contributed by atoms with Gasteiger partial charge in [-0.25, -0.2) is 10.2 Å². The van der Waals surface area contributed by atoms with Crippen LogP contribution in [-0.2, 0) is 14.4 Å². The fraction of sp³-hybridized carbons (Fsp3) is 0.0400. The van der Waals surface area contributed by atoms with Crippen molar-refractivity contribution < 1.29 is 19.1 Å². The van der Waals surface area contributed by atoms with Crippen LogP contribution in [-0.4, -0.2) is 24.0 Å². The van der Waals surface area contributed by atoms with Gasteiger partial charge in [-0.05, 0) is 66.1 Å². The predicted octanol–water partition coefficient (Wildman–Crippen LogP) is 3.70. The van der Waals surface area contributed by atoms with Crippen LogP contribution in [0.15, 0.2) is 90.0 Å². The van der Waals surface area contributed by atoms with Crippen molar-refractivity contribution in [3.05, 3.63) is 102 Å². The average molecular weight is 427 g/mol. The van der Waals surface area contributed by atoms with Crippen molar-refractivity contribution in [2.45, 2.75) is 6.92 Å². The van der Waals surface area contributed by atoms with Gasteiger partial charge in [0.1, 0.15) is 5.75 Å². The standard InChI is InChI=1S/C25H21N3O4/c1-18-6-5-9-21(16-18)27-24(30)25(31)28-26-17-20-10-13-22(14-11-20)32-23(29)15-12-19-7-3-2-4-8-19/h2-17H,1H3,(H,27,30)(H,28,31). The lowest BCUT2D eigenvalue weighted by Gasteiger charge is -2.04. The van der Waals surface area contributed by atoms with E-state index in [-0.39, 0.29) is 0 Å². The predicted molar refractivity (Wildman–Crippen MR) is 123 cm³/mol. The fourth-order valence-corrected chi connectivity index (χ4v) is 2.63. The van der Waals surface area contributed by atoms with Crippen molar-refractivity contribution in [3.63, 3.8) is 0 Å². The topological polar surface area (TPSA) is 96.9 Å². The summed E-state index contributed by atoms with van der Waals surface area (Å²) in [5, 5.41) is 6.27. The van der Waals surface area contributed by atoms with Crippen molar-refractivity contribution in [1.29, 1.82) is 0 Å². The third-order valence-electron chi connectivity index (χ3n) is 4.17. The van der Waals surface area contributed by atoms with Crippen LogP contribution in [0.5, 0.6) is 5.75 Å². The maximum absolute atomic E-state index is 11.9. The van der Waals surface area contributed by atoms with Crippen LogP contribution >= 0.6 is 0 Å². The number of nitrogens with one attached hydrogen (secondary N) is 2. The minimum absolute atomic E-state index is 0.367. The molecule has 160 valence electrons. The lowest BCUT2D eigenvalue weighted by atomic mass is 10.2. The zero-order valence-corrected chi connectivity index (χ0v) is 17.3. The molecule has 0 bridgehead atoms. The Bertz CT molecular complexity index is 1150. The molecule has 0 aliphatic heterocycles. The number of anilines is 1. The molecular formula is C25H21N3O4. The fourth-order valence-electron chi connectivity index (χ4n) is 2.63. The molecule has 3 rings (SSSR count). The van der Waals surface area contributed by atoms with E-state index in [0.29, 0.717) is 17.0 Å². The van der Waals surface area contributed by atoms with E-state index in [2.05, 4.69) is 15.8 Å². The van der Waals surface area contributed by atoms with Gasteiger partial charge in [0.2, 0.25) is 0 Å². The molecule has 2 amide bonds. The summed E-state index contributed by atoms with van der Waals surface area (Å²) >= 11 is 0. The summed E-state index contributed by atoms with van der Waals surface area (Å²) < 4.78 is 5.24. The van der Waals surface area contributed by atoms with Crippen molar-refractivity contribution in [2.75, 3.05) is 5.32 Å². The average Bonchev–Trinajstić information content (AvgIpc) is 2.79. The van der Waals surface area contributed by atoms with E-state index < -0.39 is 17.8 Å². The van der Waals surface area contributed by atoms with E-state index in [1.807, 2.05) is 43.3 Å². The second-order valence-corrected chi connectivity index (χ2v) is 6.76. The Morgan fingerprint density at radius 2 is 1.59 bits per heavy atom. The highest BCUT2D eigenvalue weighted by molar-refractivity contribution is 6.39. The lowest BCUT2D eigenvalue weighted by molar-refractivity contribution is -0.136. The van der Waals surface area contributed by atoms with Crippen molar-refractivity contribution in [3.8, 4) is 5.75 Å². The van der Waals surface area contributed by atoms with Gasteiger partial charge in [0.05, 0.1) is 6.21 Å². The second-order valence-electron chi connectivity index (χ2n) is 6.76. The number of amides is 2. The van der Waals surface area contributed by atoms with Gasteiger partial charge in [-0.3, -0.25) is 9.59 Å². The Kier molecular flexibility index (Phi) is 7.64. The van der Waals surface area contributed by atoms with Crippen molar-refractivity contribution >= 4 is 35.8 Å². The molecule has 0 saturated carbocycles. The minimum Gasteiger partial charge on any atom is -0.423 e. The first kappa shape index (κ1) is 22.2. The van der Waals surface area contributed by atoms with Crippen LogP contribution in [0.2, 0.25) is 0 Å². The summed E-state index contributed by atoms with van der Waals surface area (Å²) in [6.07, 6.45) is 4.39. The summed E-state index contributed by atoms with van der Waals surface area (Å²) in [7, 11) is 0. The van der Waals surface area contributed by atoms with Crippen molar-refractivity contribution in [2.24, 2.45) is 5.10 Å². The third-order valence-corrected chi connectivity index (χ3v) is 4.17. The molecule has 0 spiro atoms. The molecule has 3 aromatic carbocycles. The van der Waals surface area contributed by atoms with E-state index in [9.17, 15) is 14.4 Å². The molecule has 0 saturated heterocycles. The number of hydrogen-bond acceptors (Lipinski definition) is 5. The number of rotatable bonds is 6. The highest BCUT2D eigenvalue weighted by atomic mass is 16.5. The number of carbonyl (C=O) groups excluding carboxylic acids is 3. The molecule has 0 radical (unpaired) electrons. The van der Waals surface area contributed by atoms with Crippen molar-refractivity contribution in [1.82, 2.24) is 5.43 Å². The monoisotopic (exact) mass is 427 g/mol. The molecular weight excluding hydrogens is 406 g/mol. The van der Waals surface area contributed by atoms with Crippen LogP contribution in [0.3, 0.4) is 0 Å². The van der Waals surface area contributed by atoms with E-state index in [4.69, 9.17) is 4.74 Å². The quantitative estimate of drug-likeness (QED) is 0.157. The van der Waals surface area contributed by atoms with Crippen LogP contribution < -0.4 is 15.5 Å². The maximum atomic E-state index is 11.9. The molecule has 0 aliphatic rings. The number of esters is 1. The smallest absolute Gasteiger partial charge is 0.336 e. The molecule has 2 N–H and O–H groups in total. The van der Waals surface area contributed by atoms with Crippen LogP contribution in [0.4, 0.5) is 5.69 Å². The normalized spacial score (nSPS) is 10.8. The second kappa shape index (κ2) is 11.0. The Balaban J connectivity index is 1.47. The Hall–Kier alpha value is -4.52. The molecule has 0 unspecified atom stereocenters. The van der Waals surface area contributed by atoms with E-state index in [0.717, 1.165) is 11.1 Å². The number of nitrogens with zero attached hydrogens (tertiary/aromatic N) is 1. The Morgan fingerprint density at radius 1 is 0.844 bits per heavy atom. The number of aryl methyl sites for hydroxylation is 1. The summed E-state index contributed by atoms with van der Waals surface area (Å²) in [6.45, 7) is 1.88. The third kappa shape index (κ3) is 7.07. The number of benzene rings is 3. The summed E-state index contributed by atoms with van der Waals surface area (Å²) in [4.78, 5) is 35.7. The lowest BCUT2D eigenvalue weighted by Crippen LogP contribution is -2.32. The molecule has 0 fully saturated rings. The maximum Gasteiger partial charge on any atom is 0.336 e. The van der Waals surface area contributed by atoms with E-state index >= 15 is 0 Å². The molecule has 0 heterocycles. The van der Waals surface area contributed by atoms with Gasteiger partial charge in [-0.2, -0.15) is 5.10 Å². The number of ether oxygens (including phenoxy) is 1. The number of hydrazone groups is 1. The van der Waals surface area contributed by atoms with Crippen LogP contribution in [0, 0.1) is 6.92 Å². The highest BCUT2D eigenvalue weighted by Crippen LogP contribution is 2.12. The Morgan fingerprint density at radius 3 is 2.31 bits per heavy atom. The zero-order chi connectivity index (χ0) is 22.8. The zero-order valence-electron chi connectivity index (χ0n) is 17.3. The van der Waals surface area contributed by atoms with Gasteiger partial charge in [0, 0.05) is 11.8 Å². The minimum atomic E-state index is -0.890. The van der Waals surface area contributed by atoms with E-state index in [1.54, 1.807) is 48.5 Å². The Labute approximate surface area is 185 Å². The summed E-state index contributed by atoms with van der Waals surface area (Å²) in [5.74, 6) is -1.84. The SMILES string of the molecule is Cc1cccc(NC(=O)C(=O)NN=Cc2ccc(OC(=O)C=Cc3ccccc3)cc2)c1. The van der Waals surface area contributed by atoms with Gasteiger partial charge in [0.15, 0.2) is 0 Å². The molecule has 32 heavy (non-hydrogen) atoms. The van der Waals surface area contributed by atoms with E-state index in [1.165, 1.54) is 12.3 Å². The highest BCUT2D eigenvalue weighted by Gasteiger charge is 2.12. The molecule has 0 atom stereocenters. The largest absolute Gasteiger partial charge is 0.423 e.